The predicted molar refractivity (Wildman–Crippen MR) is 84.3 cm³/mol. The number of likely N-dealkylation sites (tertiary alicyclic amines) is 1. The lowest BCUT2D eigenvalue weighted by Gasteiger charge is -2.32. The van der Waals surface area contributed by atoms with Crippen LogP contribution in [0.4, 0.5) is 0 Å². The van der Waals surface area contributed by atoms with Crippen LogP contribution >= 0.6 is 45.2 Å². The Morgan fingerprint density at radius 2 is 2.06 bits per heavy atom. The fraction of sp³-hybridized carbons (Fsp3) is 0.909. The van der Waals surface area contributed by atoms with Crippen LogP contribution in [0.25, 0.3) is 0 Å². The first-order valence-electron chi connectivity index (χ1n) is 5.77. The van der Waals surface area contributed by atoms with E-state index in [1.807, 2.05) is 22.6 Å². The number of halogens is 2. The highest BCUT2D eigenvalue weighted by molar-refractivity contribution is 14.1. The molecule has 3 nitrogen and oxygen atoms in total. The Morgan fingerprint density at radius 1 is 1.44 bits per heavy atom. The van der Waals surface area contributed by atoms with E-state index in [2.05, 4.69) is 39.4 Å². The zero-order valence-electron chi connectivity index (χ0n) is 9.79. The van der Waals surface area contributed by atoms with E-state index in [9.17, 15) is 4.79 Å². The predicted octanol–water partition coefficient (Wildman–Crippen LogP) is 2.37. The van der Waals surface area contributed by atoms with Crippen LogP contribution in [0.1, 0.15) is 19.3 Å². The maximum atomic E-state index is 10.9. The van der Waals surface area contributed by atoms with Crippen LogP contribution in [0.3, 0.4) is 0 Å². The van der Waals surface area contributed by atoms with E-state index >= 15 is 0 Å². The summed E-state index contributed by atoms with van der Waals surface area (Å²) in [5.41, 5.74) is 0. The van der Waals surface area contributed by atoms with Crippen LogP contribution in [0.15, 0.2) is 0 Å². The maximum Gasteiger partial charge on any atom is 0.193 e. The Bertz CT molecular complexity index is 218. The molecule has 0 bridgehead atoms. The van der Waals surface area contributed by atoms with Crippen LogP contribution in [0.5, 0.6) is 0 Å². The molecule has 5 heteroatoms. The molecule has 0 amide bonds. The van der Waals surface area contributed by atoms with Gasteiger partial charge in [0.15, 0.2) is 3.79 Å². The minimum atomic E-state index is 0.268. The quantitative estimate of drug-likeness (QED) is 0.269. The van der Waals surface area contributed by atoms with Crippen molar-refractivity contribution in [3.05, 3.63) is 0 Å². The van der Waals surface area contributed by atoms with Gasteiger partial charge < -0.3 is 4.90 Å². The molecule has 0 atom stereocenters. The number of carbonyl (C=O) groups is 1. The molecule has 0 aromatic carbocycles. The molecule has 0 unspecified atom stereocenters. The van der Waals surface area contributed by atoms with E-state index in [0.29, 0.717) is 6.42 Å². The van der Waals surface area contributed by atoms with Gasteiger partial charge in [0.25, 0.3) is 0 Å². The SMILES string of the molecule is CN(CCC(=O)I)CC1CCN(CI)CC1. The van der Waals surface area contributed by atoms with Gasteiger partial charge in [0, 0.05) is 19.5 Å². The Morgan fingerprint density at radius 3 is 2.56 bits per heavy atom. The Labute approximate surface area is 126 Å². The third kappa shape index (κ3) is 6.11. The highest BCUT2D eigenvalue weighted by Crippen LogP contribution is 2.18. The van der Waals surface area contributed by atoms with Gasteiger partial charge in [-0.2, -0.15) is 0 Å². The number of piperidine rings is 1. The number of carbonyl (C=O) groups excluding carboxylic acids is 1. The summed E-state index contributed by atoms with van der Waals surface area (Å²) in [4.78, 5) is 15.7. The molecule has 0 aromatic rings. The molecule has 1 aliphatic rings. The molecule has 0 aromatic heterocycles. The number of alkyl halides is 1. The van der Waals surface area contributed by atoms with E-state index in [-0.39, 0.29) is 3.79 Å². The van der Waals surface area contributed by atoms with Crippen molar-refractivity contribution in [1.29, 1.82) is 0 Å². The van der Waals surface area contributed by atoms with Gasteiger partial charge in [-0.15, -0.1) is 0 Å². The van der Waals surface area contributed by atoms with Crippen molar-refractivity contribution in [2.45, 2.75) is 19.3 Å². The van der Waals surface area contributed by atoms with Crippen LogP contribution in [0.2, 0.25) is 0 Å². The van der Waals surface area contributed by atoms with Crippen molar-refractivity contribution in [3.63, 3.8) is 0 Å². The van der Waals surface area contributed by atoms with Crippen molar-refractivity contribution < 1.29 is 4.79 Å². The second kappa shape index (κ2) is 8.20. The number of hydrogen-bond acceptors (Lipinski definition) is 3. The standard InChI is InChI=1S/C11H20I2N2O/c1-14(5-4-11(13)16)8-10-2-6-15(9-12)7-3-10/h10H,2-9H2,1H3. The Hall–Kier alpha value is 1.05. The van der Waals surface area contributed by atoms with Crippen LogP contribution < -0.4 is 0 Å². The first-order valence-corrected chi connectivity index (χ1v) is 8.37. The largest absolute Gasteiger partial charge is 0.306 e. The highest BCUT2D eigenvalue weighted by Gasteiger charge is 2.19. The molecule has 0 radical (unpaired) electrons. The van der Waals surface area contributed by atoms with E-state index in [4.69, 9.17) is 0 Å². The van der Waals surface area contributed by atoms with Gasteiger partial charge in [-0.1, -0.05) is 22.6 Å². The number of hydrogen-bond donors (Lipinski definition) is 0. The van der Waals surface area contributed by atoms with Crippen molar-refractivity contribution in [1.82, 2.24) is 9.80 Å². The van der Waals surface area contributed by atoms with E-state index in [1.165, 1.54) is 25.9 Å². The fourth-order valence-electron chi connectivity index (χ4n) is 2.10. The average molecular weight is 450 g/mol. The van der Waals surface area contributed by atoms with Crippen molar-refractivity contribution >= 4 is 49.0 Å². The average Bonchev–Trinajstić information content (AvgIpc) is 2.27. The third-order valence-corrected chi connectivity index (χ3v) is 4.64. The van der Waals surface area contributed by atoms with E-state index in [0.717, 1.165) is 23.6 Å². The lowest BCUT2D eigenvalue weighted by atomic mass is 9.97. The molecule has 0 aliphatic carbocycles. The summed E-state index contributed by atoms with van der Waals surface area (Å²) in [5.74, 6) is 0.827. The molecular formula is C11H20I2N2O. The molecule has 1 aliphatic heterocycles. The molecular weight excluding hydrogens is 430 g/mol. The van der Waals surface area contributed by atoms with Gasteiger partial charge in [-0.05, 0) is 61.5 Å². The zero-order valence-corrected chi connectivity index (χ0v) is 14.1. The molecule has 1 heterocycles. The normalized spacial score (nSPS) is 19.2. The summed E-state index contributed by atoms with van der Waals surface area (Å²) in [6.07, 6.45) is 3.31. The van der Waals surface area contributed by atoms with Gasteiger partial charge in [0.2, 0.25) is 0 Å². The highest BCUT2D eigenvalue weighted by atomic mass is 127. The first kappa shape index (κ1) is 15.1. The van der Waals surface area contributed by atoms with Gasteiger partial charge in [-0.25, -0.2) is 0 Å². The molecule has 1 fully saturated rings. The summed E-state index contributed by atoms with van der Waals surface area (Å²) in [6.45, 7) is 4.55. The maximum absolute atomic E-state index is 10.9. The minimum Gasteiger partial charge on any atom is -0.306 e. The number of nitrogens with zero attached hydrogens (tertiary/aromatic N) is 2. The van der Waals surface area contributed by atoms with E-state index in [1.54, 1.807) is 0 Å². The molecule has 0 spiro atoms. The Balaban J connectivity index is 2.15. The second-order valence-electron chi connectivity index (χ2n) is 4.55. The summed E-state index contributed by atoms with van der Waals surface area (Å²) >= 11 is 4.32. The van der Waals surface area contributed by atoms with Crippen LogP contribution in [-0.2, 0) is 4.79 Å². The monoisotopic (exact) mass is 450 g/mol. The van der Waals surface area contributed by atoms with Crippen molar-refractivity contribution in [2.75, 3.05) is 37.8 Å². The minimum absolute atomic E-state index is 0.268. The summed E-state index contributed by atoms with van der Waals surface area (Å²) in [5, 5.41) is 0. The summed E-state index contributed by atoms with van der Waals surface area (Å²) in [7, 11) is 2.13. The lowest BCUT2D eigenvalue weighted by molar-refractivity contribution is -0.109. The molecule has 1 rings (SSSR count). The third-order valence-electron chi connectivity index (χ3n) is 3.14. The lowest BCUT2D eigenvalue weighted by Crippen LogP contribution is -2.37. The molecule has 0 N–H and O–H groups in total. The summed E-state index contributed by atoms with van der Waals surface area (Å²) in [6, 6.07) is 0. The summed E-state index contributed by atoms with van der Waals surface area (Å²) < 4.78 is 1.42. The fourth-order valence-corrected chi connectivity index (χ4v) is 3.02. The van der Waals surface area contributed by atoms with Crippen molar-refractivity contribution in [2.24, 2.45) is 5.92 Å². The zero-order chi connectivity index (χ0) is 12.0. The van der Waals surface area contributed by atoms with Gasteiger partial charge in [0.1, 0.15) is 0 Å². The Kier molecular flexibility index (Phi) is 7.75. The smallest absolute Gasteiger partial charge is 0.193 e. The second-order valence-corrected chi connectivity index (χ2v) is 6.43. The van der Waals surface area contributed by atoms with Crippen molar-refractivity contribution in [3.8, 4) is 0 Å². The van der Waals surface area contributed by atoms with Gasteiger partial charge >= 0.3 is 0 Å². The molecule has 94 valence electrons. The van der Waals surface area contributed by atoms with Gasteiger partial charge in [-0.3, -0.25) is 9.69 Å². The molecule has 1 saturated heterocycles. The van der Waals surface area contributed by atoms with Crippen LogP contribution in [0, 0.1) is 5.92 Å². The number of rotatable bonds is 6. The molecule has 16 heavy (non-hydrogen) atoms. The van der Waals surface area contributed by atoms with E-state index < -0.39 is 0 Å². The van der Waals surface area contributed by atoms with Crippen LogP contribution in [-0.4, -0.2) is 51.4 Å². The first-order chi connectivity index (χ1) is 7.61. The topological polar surface area (TPSA) is 23.6 Å². The van der Waals surface area contributed by atoms with Gasteiger partial charge in [0.05, 0.1) is 4.55 Å². The molecule has 0 saturated carbocycles.